The summed E-state index contributed by atoms with van der Waals surface area (Å²) in [7, 11) is 0. The van der Waals surface area contributed by atoms with E-state index >= 15 is 0 Å². The van der Waals surface area contributed by atoms with Crippen LogP contribution in [0.1, 0.15) is 52.9 Å². The normalized spacial score (nSPS) is 36.3. The van der Waals surface area contributed by atoms with Crippen molar-refractivity contribution in [3.8, 4) is 0 Å². The molecule has 1 aliphatic carbocycles. The third-order valence-corrected chi connectivity index (χ3v) is 4.86. The molecule has 2 aliphatic rings. The summed E-state index contributed by atoms with van der Waals surface area (Å²) in [4.78, 5) is 25.8. The molecule has 1 saturated carbocycles. The van der Waals surface area contributed by atoms with E-state index in [1.807, 2.05) is 6.92 Å². The van der Waals surface area contributed by atoms with Gasteiger partial charge in [0.15, 0.2) is 0 Å². The second kappa shape index (κ2) is 5.93. The van der Waals surface area contributed by atoms with Gasteiger partial charge in [-0.2, -0.15) is 0 Å². The van der Waals surface area contributed by atoms with Crippen molar-refractivity contribution in [2.24, 2.45) is 11.8 Å². The maximum Gasteiger partial charge on any atom is 0.245 e. The number of hydrogen-bond acceptors (Lipinski definition) is 2. The van der Waals surface area contributed by atoms with Crippen molar-refractivity contribution in [1.82, 2.24) is 10.2 Å². The SMILES string of the molecule is CCC1CCC(CN2C(=O)C(C)NC(=O)C2C)CC1. The molecule has 1 N–H and O–H groups in total. The lowest BCUT2D eigenvalue weighted by Gasteiger charge is -2.39. The Morgan fingerprint density at radius 2 is 1.68 bits per heavy atom. The van der Waals surface area contributed by atoms with Crippen molar-refractivity contribution in [3.05, 3.63) is 0 Å². The zero-order valence-corrected chi connectivity index (χ0v) is 12.3. The van der Waals surface area contributed by atoms with E-state index in [4.69, 9.17) is 0 Å². The number of nitrogens with zero attached hydrogens (tertiary/aromatic N) is 1. The summed E-state index contributed by atoms with van der Waals surface area (Å²) in [6.07, 6.45) is 6.22. The highest BCUT2D eigenvalue weighted by molar-refractivity contribution is 5.96. The summed E-state index contributed by atoms with van der Waals surface area (Å²) < 4.78 is 0. The number of nitrogens with one attached hydrogen (secondary N) is 1. The van der Waals surface area contributed by atoms with E-state index in [-0.39, 0.29) is 23.9 Å². The number of piperazine rings is 1. The zero-order valence-electron chi connectivity index (χ0n) is 12.3. The number of rotatable bonds is 3. The molecule has 2 rings (SSSR count). The van der Waals surface area contributed by atoms with Gasteiger partial charge < -0.3 is 10.2 Å². The van der Waals surface area contributed by atoms with Crippen LogP contribution in [0.4, 0.5) is 0 Å². The molecule has 2 amide bonds. The maximum atomic E-state index is 12.2. The van der Waals surface area contributed by atoms with Crippen molar-refractivity contribution in [3.63, 3.8) is 0 Å². The van der Waals surface area contributed by atoms with E-state index < -0.39 is 0 Å². The fourth-order valence-corrected chi connectivity index (χ4v) is 3.33. The van der Waals surface area contributed by atoms with Gasteiger partial charge in [-0.1, -0.05) is 26.2 Å². The van der Waals surface area contributed by atoms with E-state index in [2.05, 4.69) is 12.2 Å². The Bertz CT molecular complexity index is 348. The second-order valence-electron chi connectivity index (χ2n) is 6.19. The monoisotopic (exact) mass is 266 g/mol. The summed E-state index contributed by atoms with van der Waals surface area (Å²) in [5.74, 6) is 1.50. The Balaban J connectivity index is 1.93. The fourth-order valence-electron chi connectivity index (χ4n) is 3.33. The predicted molar refractivity (Wildman–Crippen MR) is 74.5 cm³/mol. The molecule has 1 saturated heterocycles. The highest BCUT2D eigenvalue weighted by Gasteiger charge is 2.37. The zero-order chi connectivity index (χ0) is 14.0. The van der Waals surface area contributed by atoms with Crippen LogP contribution in [0, 0.1) is 11.8 Å². The van der Waals surface area contributed by atoms with Gasteiger partial charge in [-0.15, -0.1) is 0 Å². The molecule has 2 fully saturated rings. The Morgan fingerprint density at radius 3 is 2.26 bits per heavy atom. The molecule has 108 valence electrons. The van der Waals surface area contributed by atoms with E-state index in [1.165, 1.54) is 32.1 Å². The lowest BCUT2D eigenvalue weighted by molar-refractivity contribution is -0.149. The van der Waals surface area contributed by atoms with Gasteiger partial charge >= 0.3 is 0 Å². The summed E-state index contributed by atoms with van der Waals surface area (Å²) in [6, 6.07) is -0.678. The first kappa shape index (κ1) is 14.4. The summed E-state index contributed by atoms with van der Waals surface area (Å²) in [5, 5.41) is 2.73. The fraction of sp³-hybridized carbons (Fsp3) is 0.867. The average molecular weight is 266 g/mol. The lowest BCUT2D eigenvalue weighted by Crippen LogP contribution is -2.62. The Labute approximate surface area is 115 Å². The van der Waals surface area contributed by atoms with Crippen LogP contribution >= 0.6 is 0 Å². The van der Waals surface area contributed by atoms with Gasteiger partial charge in [-0.3, -0.25) is 9.59 Å². The molecular weight excluding hydrogens is 240 g/mol. The van der Waals surface area contributed by atoms with Gasteiger partial charge in [0.05, 0.1) is 0 Å². The molecule has 0 aromatic heterocycles. The Kier molecular flexibility index (Phi) is 4.48. The van der Waals surface area contributed by atoms with Crippen molar-refractivity contribution < 1.29 is 9.59 Å². The lowest BCUT2D eigenvalue weighted by atomic mass is 9.80. The largest absolute Gasteiger partial charge is 0.343 e. The van der Waals surface area contributed by atoms with E-state index in [0.29, 0.717) is 5.92 Å². The molecule has 0 aromatic rings. The van der Waals surface area contributed by atoms with Crippen LogP contribution in [0.5, 0.6) is 0 Å². The standard InChI is InChI=1S/C15H26N2O2/c1-4-12-5-7-13(8-6-12)9-17-11(3)14(18)16-10(2)15(17)19/h10-13H,4-9H2,1-3H3,(H,16,18). The molecule has 4 heteroatoms. The molecule has 1 aliphatic heterocycles. The smallest absolute Gasteiger partial charge is 0.245 e. The van der Waals surface area contributed by atoms with Crippen molar-refractivity contribution in [2.45, 2.75) is 65.0 Å². The third-order valence-electron chi connectivity index (χ3n) is 4.86. The van der Waals surface area contributed by atoms with Gasteiger partial charge in [0, 0.05) is 6.54 Å². The molecule has 4 nitrogen and oxygen atoms in total. The number of hydrogen-bond donors (Lipinski definition) is 1. The number of amides is 2. The summed E-state index contributed by atoms with van der Waals surface area (Å²) in [6.45, 7) is 6.62. The van der Waals surface area contributed by atoms with Gasteiger partial charge in [0.2, 0.25) is 11.8 Å². The molecule has 0 bridgehead atoms. The second-order valence-corrected chi connectivity index (χ2v) is 6.19. The Hall–Kier alpha value is -1.06. The highest BCUT2D eigenvalue weighted by Crippen LogP contribution is 2.31. The van der Waals surface area contributed by atoms with Crippen LogP contribution < -0.4 is 5.32 Å². The first-order valence-corrected chi connectivity index (χ1v) is 7.63. The first-order valence-electron chi connectivity index (χ1n) is 7.63. The summed E-state index contributed by atoms with van der Waals surface area (Å²) in [5.41, 5.74) is 0. The van der Waals surface area contributed by atoms with E-state index in [9.17, 15) is 9.59 Å². The first-order chi connectivity index (χ1) is 9.02. The molecule has 2 atom stereocenters. The van der Waals surface area contributed by atoms with E-state index in [0.717, 1.165) is 12.5 Å². The van der Waals surface area contributed by atoms with Gasteiger partial charge in [-0.05, 0) is 38.5 Å². The maximum absolute atomic E-state index is 12.2. The van der Waals surface area contributed by atoms with Crippen LogP contribution in [0.2, 0.25) is 0 Å². The molecule has 0 radical (unpaired) electrons. The quantitative estimate of drug-likeness (QED) is 0.848. The van der Waals surface area contributed by atoms with Crippen LogP contribution in [0.25, 0.3) is 0 Å². The third kappa shape index (κ3) is 3.10. The molecule has 0 aromatic carbocycles. The minimum atomic E-state index is -0.365. The average Bonchev–Trinajstić information content (AvgIpc) is 2.42. The molecule has 2 unspecified atom stereocenters. The predicted octanol–water partition coefficient (Wildman–Crippen LogP) is 1.94. The molecule has 1 heterocycles. The van der Waals surface area contributed by atoms with Crippen LogP contribution in [-0.4, -0.2) is 35.3 Å². The minimum Gasteiger partial charge on any atom is -0.343 e. The van der Waals surface area contributed by atoms with Crippen LogP contribution in [0.15, 0.2) is 0 Å². The highest BCUT2D eigenvalue weighted by atomic mass is 16.2. The molecular formula is C15H26N2O2. The van der Waals surface area contributed by atoms with Gasteiger partial charge in [0.1, 0.15) is 12.1 Å². The number of carbonyl (C=O) groups excluding carboxylic acids is 2. The summed E-state index contributed by atoms with van der Waals surface area (Å²) >= 11 is 0. The molecule has 0 spiro atoms. The van der Waals surface area contributed by atoms with Crippen molar-refractivity contribution in [2.75, 3.05) is 6.54 Å². The topological polar surface area (TPSA) is 49.4 Å². The van der Waals surface area contributed by atoms with Crippen molar-refractivity contribution in [1.29, 1.82) is 0 Å². The van der Waals surface area contributed by atoms with E-state index in [1.54, 1.807) is 11.8 Å². The van der Waals surface area contributed by atoms with Gasteiger partial charge in [-0.25, -0.2) is 0 Å². The minimum absolute atomic E-state index is 0.0191. The van der Waals surface area contributed by atoms with Crippen LogP contribution in [0.3, 0.4) is 0 Å². The van der Waals surface area contributed by atoms with Gasteiger partial charge in [0.25, 0.3) is 0 Å². The number of carbonyl (C=O) groups is 2. The van der Waals surface area contributed by atoms with Crippen molar-refractivity contribution >= 4 is 11.8 Å². The van der Waals surface area contributed by atoms with Crippen LogP contribution in [-0.2, 0) is 9.59 Å². The molecule has 19 heavy (non-hydrogen) atoms. The Morgan fingerprint density at radius 1 is 1.11 bits per heavy atom.